The molecule has 1 heteroatoms. The van der Waals surface area contributed by atoms with Crippen molar-refractivity contribution in [3.8, 4) is 0 Å². The second kappa shape index (κ2) is 22.7. The summed E-state index contributed by atoms with van der Waals surface area (Å²) < 4.78 is 0. The number of rotatable bonds is 2. The van der Waals surface area contributed by atoms with Gasteiger partial charge in [-0.25, -0.2) is 0 Å². The van der Waals surface area contributed by atoms with Crippen molar-refractivity contribution in [2.45, 2.75) is 27.7 Å². The van der Waals surface area contributed by atoms with E-state index in [2.05, 4.69) is 25.8 Å². The van der Waals surface area contributed by atoms with E-state index in [1.54, 1.807) is 18.2 Å². The van der Waals surface area contributed by atoms with Crippen LogP contribution in [0.3, 0.4) is 0 Å². The fourth-order valence-corrected chi connectivity index (χ4v) is 0.265. The molecule has 0 saturated heterocycles. The van der Waals surface area contributed by atoms with Crippen molar-refractivity contribution >= 4 is 12.6 Å². The van der Waals surface area contributed by atoms with Crippen molar-refractivity contribution in [3.05, 3.63) is 36.3 Å². The molecule has 0 rings (SSSR count). The first kappa shape index (κ1) is 16.9. The van der Waals surface area contributed by atoms with Gasteiger partial charge < -0.3 is 0 Å². The zero-order valence-corrected chi connectivity index (χ0v) is 8.99. The number of hydrogen-bond acceptors (Lipinski definition) is 1. The minimum Gasteiger partial charge on any atom is -0.144 e. The maximum absolute atomic E-state index is 3.90. The molecule has 0 aromatic rings. The van der Waals surface area contributed by atoms with Gasteiger partial charge in [-0.1, -0.05) is 53.0 Å². The fourth-order valence-electron chi connectivity index (χ4n) is 0.179. The van der Waals surface area contributed by atoms with E-state index in [0.717, 1.165) is 4.91 Å². The summed E-state index contributed by atoms with van der Waals surface area (Å²) >= 11 is 3.90. The molecule has 0 saturated carbocycles. The van der Waals surface area contributed by atoms with E-state index < -0.39 is 0 Å². The highest BCUT2D eigenvalue weighted by Gasteiger charge is 1.66. The van der Waals surface area contributed by atoms with Crippen molar-refractivity contribution in [3.63, 3.8) is 0 Å². The second-order valence-corrected chi connectivity index (χ2v) is 1.66. The summed E-state index contributed by atoms with van der Waals surface area (Å²) in [6, 6.07) is 0. The van der Waals surface area contributed by atoms with Crippen LogP contribution < -0.4 is 0 Å². The third kappa shape index (κ3) is 43.0. The lowest BCUT2D eigenvalue weighted by atomic mass is 10.5. The van der Waals surface area contributed by atoms with Gasteiger partial charge in [0.1, 0.15) is 0 Å². The van der Waals surface area contributed by atoms with Gasteiger partial charge in [-0.3, -0.25) is 0 Å². The van der Waals surface area contributed by atoms with Crippen molar-refractivity contribution in [1.29, 1.82) is 0 Å². The molecule has 0 fully saturated rings. The van der Waals surface area contributed by atoms with E-state index in [9.17, 15) is 0 Å². The van der Waals surface area contributed by atoms with E-state index in [-0.39, 0.29) is 0 Å². The minimum absolute atomic E-state index is 0.750. The van der Waals surface area contributed by atoms with E-state index in [1.165, 1.54) is 0 Å². The molecular formula is C10H20S. The largest absolute Gasteiger partial charge is 0.144 e. The average Bonchev–Trinajstić information content (AvgIpc) is 2.08. The van der Waals surface area contributed by atoms with Crippen LogP contribution in [0.25, 0.3) is 0 Å². The topological polar surface area (TPSA) is 0 Å². The van der Waals surface area contributed by atoms with Gasteiger partial charge in [0.05, 0.1) is 0 Å². The smallest absolute Gasteiger partial charge is 0.00320 e. The van der Waals surface area contributed by atoms with Crippen LogP contribution in [0, 0.1) is 0 Å². The van der Waals surface area contributed by atoms with Gasteiger partial charge in [0, 0.05) is 0 Å². The van der Waals surface area contributed by atoms with Crippen LogP contribution in [0.5, 0.6) is 0 Å². The maximum atomic E-state index is 3.90. The van der Waals surface area contributed by atoms with Gasteiger partial charge in [-0.2, -0.15) is 0 Å². The molecule has 0 N–H and O–H groups in total. The van der Waals surface area contributed by atoms with Crippen molar-refractivity contribution in [2.24, 2.45) is 0 Å². The number of allylic oxidation sites excluding steroid dienone is 3. The predicted octanol–water partition coefficient (Wildman–Crippen LogP) is 4.22. The SMILES string of the molecule is C=C/C=C\C(=C)S.CC.CC. The quantitative estimate of drug-likeness (QED) is 0.468. The molecule has 0 aromatic carbocycles. The van der Waals surface area contributed by atoms with E-state index in [1.807, 2.05) is 27.7 Å². The van der Waals surface area contributed by atoms with Gasteiger partial charge in [-0.15, -0.1) is 12.6 Å². The molecule has 0 radical (unpaired) electrons. The molecule has 0 bridgehead atoms. The zero-order valence-electron chi connectivity index (χ0n) is 8.09. The molecule has 0 nitrogen and oxygen atoms in total. The Hall–Kier alpha value is -0.430. The molecule has 0 aliphatic rings. The summed E-state index contributed by atoms with van der Waals surface area (Å²) in [5.41, 5.74) is 0. The van der Waals surface area contributed by atoms with E-state index in [4.69, 9.17) is 0 Å². The van der Waals surface area contributed by atoms with Crippen LogP contribution in [0.1, 0.15) is 27.7 Å². The Labute approximate surface area is 77.1 Å². The van der Waals surface area contributed by atoms with Crippen LogP contribution in [-0.4, -0.2) is 0 Å². The minimum atomic E-state index is 0.750. The summed E-state index contributed by atoms with van der Waals surface area (Å²) in [5, 5.41) is 0. The van der Waals surface area contributed by atoms with Crippen LogP contribution in [0.2, 0.25) is 0 Å². The summed E-state index contributed by atoms with van der Waals surface area (Å²) in [4.78, 5) is 0.750. The highest BCUT2D eigenvalue weighted by Crippen LogP contribution is 1.95. The summed E-state index contributed by atoms with van der Waals surface area (Å²) in [6.07, 6.45) is 5.24. The normalized spacial score (nSPS) is 7.00. The molecular weight excluding hydrogens is 152 g/mol. The van der Waals surface area contributed by atoms with Crippen molar-refractivity contribution in [2.75, 3.05) is 0 Å². The van der Waals surface area contributed by atoms with Crippen LogP contribution in [-0.2, 0) is 0 Å². The zero-order chi connectivity index (χ0) is 9.70. The van der Waals surface area contributed by atoms with Crippen LogP contribution in [0.4, 0.5) is 0 Å². The van der Waals surface area contributed by atoms with Crippen LogP contribution in [0.15, 0.2) is 36.3 Å². The first-order chi connectivity index (χ1) is 5.27. The van der Waals surface area contributed by atoms with Gasteiger partial charge in [0.2, 0.25) is 0 Å². The van der Waals surface area contributed by atoms with E-state index in [0.29, 0.717) is 0 Å². The molecule has 66 valence electrons. The molecule has 0 unspecified atom stereocenters. The number of thiol groups is 1. The Bertz CT molecular complexity index is 101. The highest BCUT2D eigenvalue weighted by atomic mass is 32.1. The third-order valence-electron chi connectivity index (χ3n) is 0.425. The molecule has 0 aliphatic heterocycles. The molecule has 11 heavy (non-hydrogen) atoms. The maximum Gasteiger partial charge on any atom is -0.00320 e. The van der Waals surface area contributed by atoms with Gasteiger partial charge in [-0.05, 0) is 11.0 Å². The standard InChI is InChI=1S/C6H8S.2C2H6/c1-3-4-5-6(2)7;2*1-2/h3-5,7H,1-2H2;2*1-2H3/b5-4-;;. The molecule has 0 aliphatic carbocycles. The predicted molar refractivity (Wildman–Crippen MR) is 60.2 cm³/mol. The Morgan fingerprint density at radius 3 is 1.64 bits per heavy atom. The Kier molecular flexibility index (Phi) is 34.8. The summed E-state index contributed by atoms with van der Waals surface area (Å²) in [7, 11) is 0. The van der Waals surface area contributed by atoms with Gasteiger partial charge in [0.25, 0.3) is 0 Å². The first-order valence-corrected chi connectivity index (χ1v) is 4.39. The molecule has 0 amide bonds. The van der Waals surface area contributed by atoms with Crippen molar-refractivity contribution < 1.29 is 0 Å². The lowest BCUT2D eigenvalue weighted by Crippen LogP contribution is -1.50. The van der Waals surface area contributed by atoms with Crippen molar-refractivity contribution in [1.82, 2.24) is 0 Å². The monoisotopic (exact) mass is 172 g/mol. The average molecular weight is 172 g/mol. The summed E-state index contributed by atoms with van der Waals surface area (Å²) in [6.45, 7) is 15.0. The second-order valence-electron chi connectivity index (χ2n) is 1.09. The summed E-state index contributed by atoms with van der Waals surface area (Å²) in [5.74, 6) is 0. The third-order valence-corrected chi connectivity index (χ3v) is 0.574. The number of hydrogen-bond donors (Lipinski definition) is 1. The Morgan fingerprint density at radius 2 is 1.55 bits per heavy atom. The lowest BCUT2D eigenvalue weighted by molar-refractivity contribution is 1.50. The van der Waals surface area contributed by atoms with Gasteiger partial charge >= 0.3 is 0 Å². The van der Waals surface area contributed by atoms with Gasteiger partial charge in [0.15, 0.2) is 0 Å². The molecule has 0 aromatic heterocycles. The molecule has 0 atom stereocenters. The lowest BCUT2D eigenvalue weighted by Gasteiger charge is -1.76. The molecule has 0 heterocycles. The Balaban J connectivity index is -0.000000138. The molecule has 0 spiro atoms. The fraction of sp³-hybridized carbons (Fsp3) is 0.400. The van der Waals surface area contributed by atoms with Crippen LogP contribution >= 0.6 is 12.6 Å². The highest BCUT2D eigenvalue weighted by molar-refractivity contribution is 7.84. The van der Waals surface area contributed by atoms with E-state index >= 15 is 0 Å². The Morgan fingerprint density at radius 1 is 1.18 bits per heavy atom. The first-order valence-electron chi connectivity index (χ1n) is 3.94.